The first kappa shape index (κ1) is 5.71. The van der Waals surface area contributed by atoms with Gasteiger partial charge in [-0.1, -0.05) is 12.2 Å². The van der Waals surface area contributed by atoms with Gasteiger partial charge in [0.15, 0.2) is 5.10 Å². The lowest BCUT2D eigenvalue weighted by molar-refractivity contribution is 0.521. The average molecular weight is 134 g/mol. The first-order valence-electron chi connectivity index (χ1n) is 3.62. The van der Waals surface area contributed by atoms with Crippen molar-refractivity contribution >= 4 is 6.21 Å². The Morgan fingerprint density at radius 2 is 2.60 bits per heavy atom. The van der Waals surface area contributed by atoms with E-state index in [-0.39, 0.29) is 0 Å². The summed E-state index contributed by atoms with van der Waals surface area (Å²) < 4.78 is 0. The minimum absolute atomic E-state index is 0.481. The maximum atomic E-state index is 3.98. The molecule has 51 valence electrons. The van der Waals surface area contributed by atoms with Crippen LogP contribution >= 0.6 is 0 Å². The summed E-state index contributed by atoms with van der Waals surface area (Å²) in [6.45, 7) is 0. The number of hydrogen-bond donors (Lipinski definition) is 1. The minimum atomic E-state index is 0.481. The van der Waals surface area contributed by atoms with Crippen molar-refractivity contribution in [2.45, 2.75) is 18.9 Å². The van der Waals surface area contributed by atoms with Gasteiger partial charge in [-0.2, -0.15) is 0 Å². The standard InChI is InChI=1S/C8H10N2/c1-2-4-8-7(3-1)5-6-9-10-8/h1,3,5-6,8,10H,2,4H2/q+1. The fourth-order valence-corrected chi connectivity index (χ4v) is 1.33. The highest BCUT2D eigenvalue weighted by Gasteiger charge is 2.20. The van der Waals surface area contributed by atoms with Crippen molar-refractivity contribution in [2.75, 3.05) is 0 Å². The third kappa shape index (κ3) is 0.856. The van der Waals surface area contributed by atoms with Crippen molar-refractivity contribution in [3.8, 4) is 0 Å². The zero-order valence-electron chi connectivity index (χ0n) is 5.75. The first-order valence-corrected chi connectivity index (χ1v) is 3.62. The van der Waals surface area contributed by atoms with Crippen LogP contribution in [0, 0.1) is 0 Å². The molecule has 2 aliphatic rings. The molecule has 10 heavy (non-hydrogen) atoms. The van der Waals surface area contributed by atoms with E-state index in [1.807, 2.05) is 6.21 Å². The zero-order valence-corrected chi connectivity index (χ0v) is 5.75. The molecule has 0 spiro atoms. The normalized spacial score (nSPS) is 28.8. The van der Waals surface area contributed by atoms with Crippen molar-refractivity contribution in [3.05, 3.63) is 23.8 Å². The SMILES string of the molecule is C1=CC2=CC=[N+]NC2CC1. The number of hydrogen-bond acceptors (Lipinski definition) is 2. The number of rotatable bonds is 0. The minimum Gasteiger partial charge on any atom is -0.126 e. The summed E-state index contributed by atoms with van der Waals surface area (Å²) in [5.74, 6) is 0. The zero-order chi connectivity index (χ0) is 6.81. The van der Waals surface area contributed by atoms with Crippen LogP contribution in [-0.2, 0) is 0 Å². The van der Waals surface area contributed by atoms with E-state index in [1.54, 1.807) is 0 Å². The maximum absolute atomic E-state index is 3.98. The van der Waals surface area contributed by atoms with Crippen LogP contribution in [0.3, 0.4) is 0 Å². The lowest BCUT2D eigenvalue weighted by atomic mass is 9.96. The predicted molar refractivity (Wildman–Crippen MR) is 41.6 cm³/mol. The van der Waals surface area contributed by atoms with Gasteiger partial charge in [-0.05, 0) is 18.4 Å². The lowest BCUT2D eigenvalue weighted by Gasteiger charge is -2.16. The van der Waals surface area contributed by atoms with Gasteiger partial charge in [-0.3, -0.25) is 0 Å². The predicted octanol–water partition coefficient (Wildman–Crippen LogP) is 0.556. The number of allylic oxidation sites excluding steroid dienone is 2. The van der Waals surface area contributed by atoms with Gasteiger partial charge in [0.05, 0.1) is 0 Å². The summed E-state index contributed by atoms with van der Waals surface area (Å²) in [4.78, 5) is 0. The molecule has 2 nitrogen and oxygen atoms in total. The number of hydrazone groups is 1. The van der Waals surface area contributed by atoms with Gasteiger partial charge in [0.25, 0.3) is 6.21 Å². The fourth-order valence-electron chi connectivity index (χ4n) is 1.33. The highest BCUT2D eigenvalue weighted by atomic mass is 15.3. The van der Waals surface area contributed by atoms with Crippen molar-refractivity contribution < 1.29 is 0 Å². The summed E-state index contributed by atoms with van der Waals surface area (Å²) in [5, 5.41) is 3.98. The molecule has 0 aromatic rings. The molecule has 2 rings (SSSR count). The molecule has 0 aromatic carbocycles. The van der Waals surface area contributed by atoms with Gasteiger partial charge in [0.1, 0.15) is 6.04 Å². The van der Waals surface area contributed by atoms with Gasteiger partial charge >= 0.3 is 0 Å². The molecule has 0 bridgehead atoms. The Labute approximate surface area is 60.3 Å². The topological polar surface area (TPSA) is 26.1 Å². The van der Waals surface area contributed by atoms with Crippen LogP contribution in [0.15, 0.2) is 23.8 Å². The Hall–Kier alpha value is -1.05. The molecule has 1 atom stereocenters. The van der Waals surface area contributed by atoms with E-state index in [1.165, 1.54) is 18.4 Å². The number of nitrogens with one attached hydrogen (secondary N) is 1. The van der Waals surface area contributed by atoms with Crippen LogP contribution < -0.4 is 10.5 Å². The van der Waals surface area contributed by atoms with Crippen molar-refractivity contribution in [1.82, 2.24) is 10.5 Å². The third-order valence-corrected chi connectivity index (χ3v) is 1.91. The lowest BCUT2D eigenvalue weighted by Crippen LogP contribution is -2.36. The molecule has 0 saturated carbocycles. The van der Waals surface area contributed by atoms with Crippen LogP contribution in [0.4, 0.5) is 0 Å². The second-order valence-corrected chi connectivity index (χ2v) is 2.61. The van der Waals surface area contributed by atoms with E-state index >= 15 is 0 Å². The largest absolute Gasteiger partial charge is 0.275 e. The second kappa shape index (κ2) is 2.29. The molecule has 0 amide bonds. The Morgan fingerprint density at radius 1 is 1.60 bits per heavy atom. The van der Waals surface area contributed by atoms with Gasteiger partial charge in [0.2, 0.25) is 0 Å². The van der Waals surface area contributed by atoms with Crippen molar-refractivity contribution in [3.63, 3.8) is 0 Å². The Balaban J connectivity index is 2.27. The Morgan fingerprint density at radius 3 is 3.50 bits per heavy atom. The highest BCUT2D eigenvalue weighted by molar-refractivity contribution is 5.73. The van der Waals surface area contributed by atoms with E-state index in [9.17, 15) is 0 Å². The smallest absolute Gasteiger partial charge is 0.126 e. The van der Waals surface area contributed by atoms with Crippen molar-refractivity contribution in [2.24, 2.45) is 0 Å². The van der Waals surface area contributed by atoms with Crippen molar-refractivity contribution in [1.29, 1.82) is 0 Å². The van der Waals surface area contributed by atoms with E-state index in [0.29, 0.717) is 6.04 Å². The molecule has 1 N–H and O–H groups in total. The molecule has 1 unspecified atom stereocenters. The summed E-state index contributed by atoms with van der Waals surface area (Å²) in [5.41, 5.74) is 4.43. The van der Waals surface area contributed by atoms with E-state index < -0.39 is 0 Å². The van der Waals surface area contributed by atoms with Crippen LogP contribution in [-0.4, -0.2) is 12.3 Å². The molecule has 1 heterocycles. The Bertz CT molecular complexity index is 213. The van der Waals surface area contributed by atoms with Crippen LogP contribution in [0.2, 0.25) is 0 Å². The third-order valence-electron chi connectivity index (χ3n) is 1.91. The number of fused-ring (bicyclic) bond motifs is 1. The maximum Gasteiger partial charge on any atom is 0.275 e. The summed E-state index contributed by atoms with van der Waals surface area (Å²) in [6.07, 6.45) is 10.6. The number of nitrogens with zero attached hydrogens (tertiary/aromatic N) is 1. The van der Waals surface area contributed by atoms with Gasteiger partial charge in [-0.15, -0.1) is 5.43 Å². The molecular formula is C8H10N2+. The van der Waals surface area contributed by atoms with E-state index in [4.69, 9.17) is 0 Å². The van der Waals surface area contributed by atoms with Gasteiger partial charge in [0, 0.05) is 6.08 Å². The van der Waals surface area contributed by atoms with Crippen LogP contribution in [0.5, 0.6) is 0 Å². The van der Waals surface area contributed by atoms with Gasteiger partial charge in [-0.25, -0.2) is 0 Å². The second-order valence-electron chi connectivity index (χ2n) is 2.61. The van der Waals surface area contributed by atoms with E-state index in [2.05, 4.69) is 28.8 Å². The molecule has 1 aliphatic carbocycles. The summed E-state index contributed by atoms with van der Waals surface area (Å²) in [6, 6.07) is 0.481. The quantitative estimate of drug-likeness (QED) is 0.514. The molecule has 0 fully saturated rings. The van der Waals surface area contributed by atoms with Gasteiger partial charge < -0.3 is 0 Å². The molecule has 2 heteroatoms. The van der Waals surface area contributed by atoms with E-state index in [0.717, 1.165) is 0 Å². The molecule has 0 aromatic heterocycles. The summed E-state index contributed by atoms with van der Waals surface area (Å²) >= 11 is 0. The molecular weight excluding hydrogens is 124 g/mol. The monoisotopic (exact) mass is 134 g/mol. The first-order chi connectivity index (χ1) is 4.97. The molecule has 1 radical (unpaired) electrons. The average Bonchev–Trinajstić information content (AvgIpc) is 2.05. The molecule has 1 aliphatic heterocycles. The highest BCUT2D eigenvalue weighted by Crippen LogP contribution is 2.16. The van der Waals surface area contributed by atoms with Crippen LogP contribution in [0.1, 0.15) is 12.8 Å². The molecule has 0 saturated heterocycles. The Kier molecular flexibility index (Phi) is 1.31. The fraction of sp³-hybridized carbons (Fsp3) is 0.375. The summed E-state index contributed by atoms with van der Waals surface area (Å²) in [7, 11) is 0. The van der Waals surface area contributed by atoms with Crippen LogP contribution in [0.25, 0.3) is 0 Å².